The van der Waals surface area contributed by atoms with E-state index in [1.54, 1.807) is 0 Å². The van der Waals surface area contributed by atoms with Crippen molar-refractivity contribution in [2.75, 3.05) is 0 Å². The van der Waals surface area contributed by atoms with E-state index in [1.165, 1.54) is 110 Å². The van der Waals surface area contributed by atoms with Crippen molar-refractivity contribution in [1.29, 1.82) is 0 Å². The van der Waals surface area contributed by atoms with Gasteiger partial charge >= 0.3 is 0 Å². The third kappa shape index (κ3) is 4.78. The Hall–Kier alpha value is -6.76. The Labute approximate surface area is 322 Å². The quantitative estimate of drug-likeness (QED) is 0.161. The van der Waals surface area contributed by atoms with Gasteiger partial charge in [0.1, 0.15) is 0 Å². The second-order valence-corrected chi connectivity index (χ2v) is 15.6. The van der Waals surface area contributed by atoms with E-state index in [0.717, 1.165) is 0 Å². The van der Waals surface area contributed by atoms with Crippen LogP contribution in [0.1, 0.15) is 25.0 Å². The highest BCUT2D eigenvalue weighted by molar-refractivity contribution is 6.25. The van der Waals surface area contributed by atoms with Gasteiger partial charge in [-0.15, -0.1) is 0 Å². The van der Waals surface area contributed by atoms with E-state index in [9.17, 15) is 0 Å². The summed E-state index contributed by atoms with van der Waals surface area (Å²) in [6.45, 7) is 4.74. The molecule has 1 aliphatic rings. The van der Waals surface area contributed by atoms with E-state index >= 15 is 0 Å². The van der Waals surface area contributed by atoms with E-state index in [4.69, 9.17) is 0 Å². The molecule has 0 fully saturated rings. The smallest absolute Gasteiger partial charge is 0.0159 e. The molecular weight excluding hydrogens is 661 g/mol. The maximum Gasteiger partial charge on any atom is 0.0159 e. The van der Waals surface area contributed by atoms with Gasteiger partial charge in [-0.1, -0.05) is 196 Å². The topological polar surface area (TPSA) is 0 Å². The summed E-state index contributed by atoms with van der Waals surface area (Å²) in [5, 5.41) is 10.1. The summed E-state index contributed by atoms with van der Waals surface area (Å²) in [5.41, 5.74) is 15.4. The maximum atomic E-state index is 2.47. The fourth-order valence-corrected chi connectivity index (χ4v) is 9.66. The van der Waals surface area contributed by atoms with E-state index in [2.05, 4.69) is 208 Å². The first-order chi connectivity index (χ1) is 27.1. The second kappa shape index (κ2) is 12.1. The summed E-state index contributed by atoms with van der Waals surface area (Å²) in [5.74, 6) is 0. The Kier molecular flexibility index (Phi) is 7.00. The molecule has 0 amide bonds. The molecule has 0 saturated heterocycles. The minimum Gasteiger partial charge on any atom is -0.0619 e. The largest absolute Gasteiger partial charge is 0.0619 e. The zero-order valence-corrected chi connectivity index (χ0v) is 31.0. The van der Waals surface area contributed by atoms with Gasteiger partial charge in [0, 0.05) is 5.41 Å². The van der Waals surface area contributed by atoms with Gasteiger partial charge in [0.25, 0.3) is 0 Å². The average molecular weight is 699 g/mol. The Morgan fingerprint density at radius 2 is 0.727 bits per heavy atom. The van der Waals surface area contributed by atoms with E-state index < -0.39 is 0 Å². The molecule has 0 N–H and O–H groups in total. The summed E-state index contributed by atoms with van der Waals surface area (Å²) >= 11 is 0. The van der Waals surface area contributed by atoms with Crippen molar-refractivity contribution in [3.8, 4) is 55.6 Å². The highest BCUT2D eigenvalue weighted by Crippen LogP contribution is 2.51. The number of benzene rings is 10. The Bertz CT molecular complexity index is 3170. The fourth-order valence-electron chi connectivity index (χ4n) is 9.66. The van der Waals surface area contributed by atoms with E-state index in [-0.39, 0.29) is 5.41 Å². The van der Waals surface area contributed by atoms with Gasteiger partial charge in [-0.2, -0.15) is 0 Å². The molecule has 11 rings (SSSR count). The average Bonchev–Trinajstić information content (AvgIpc) is 3.47. The molecule has 0 spiro atoms. The van der Waals surface area contributed by atoms with Crippen LogP contribution in [-0.4, -0.2) is 0 Å². The number of rotatable bonds is 4. The lowest BCUT2D eigenvalue weighted by atomic mass is 9.80. The summed E-state index contributed by atoms with van der Waals surface area (Å²) in [6.07, 6.45) is 0. The van der Waals surface area contributed by atoms with Crippen LogP contribution in [0.25, 0.3) is 98.7 Å². The molecule has 10 aromatic carbocycles. The van der Waals surface area contributed by atoms with Crippen LogP contribution in [0, 0.1) is 0 Å². The third-order valence-corrected chi connectivity index (χ3v) is 12.3. The summed E-state index contributed by atoms with van der Waals surface area (Å²) in [4.78, 5) is 0. The standard InChI is InChI=1S/C55H38/c1-55(2)51-28-12-11-22-43(51)44-31-29-38(34-52(44)55)37-30-32-49-50(33-37)54(46-23-8-7-21-42(46)41-26-13-17-35-15-3-5-19-39(35)41)48-25-10-9-24-47(48)53(49)45-27-14-18-36-16-4-6-20-40(36)45/h3-34H,1-2H3. The van der Waals surface area contributed by atoms with Crippen LogP contribution >= 0.6 is 0 Å². The highest BCUT2D eigenvalue weighted by atomic mass is 14.4. The molecule has 55 heavy (non-hydrogen) atoms. The van der Waals surface area contributed by atoms with E-state index in [1.807, 2.05) is 0 Å². The lowest BCUT2D eigenvalue weighted by molar-refractivity contribution is 0.660. The number of hydrogen-bond donors (Lipinski definition) is 0. The van der Waals surface area contributed by atoms with Crippen LogP contribution in [0.2, 0.25) is 0 Å². The lowest BCUT2D eigenvalue weighted by Gasteiger charge is -2.23. The molecule has 0 atom stereocenters. The third-order valence-electron chi connectivity index (χ3n) is 12.3. The van der Waals surface area contributed by atoms with E-state index in [0.29, 0.717) is 0 Å². The molecule has 258 valence electrons. The first-order valence-electron chi connectivity index (χ1n) is 19.4. The fraction of sp³-hybridized carbons (Fsp3) is 0.0545. The van der Waals surface area contributed by atoms with Gasteiger partial charge in [0.15, 0.2) is 0 Å². The van der Waals surface area contributed by atoms with Gasteiger partial charge in [-0.25, -0.2) is 0 Å². The summed E-state index contributed by atoms with van der Waals surface area (Å²) in [7, 11) is 0. The van der Waals surface area contributed by atoms with Crippen molar-refractivity contribution in [2.45, 2.75) is 19.3 Å². The second-order valence-electron chi connectivity index (χ2n) is 15.6. The maximum absolute atomic E-state index is 2.47. The Balaban J connectivity index is 1.24. The molecule has 0 aliphatic heterocycles. The Morgan fingerprint density at radius 3 is 1.45 bits per heavy atom. The SMILES string of the molecule is CC1(C)c2ccccc2-c2ccc(-c3ccc4c(-c5cccc6ccccc56)c5ccccc5c(-c5ccccc5-c5cccc6ccccc56)c4c3)cc21. The molecule has 10 aromatic rings. The predicted molar refractivity (Wildman–Crippen MR) is 236 cm³/mol. The van der Waals surface area contributed by atoms with Crippen molar-refractivity contribution in [2.24, 2.45) is 0 Å². The van der Waals surface area contributed by atoms with Crippen LogP contribution in [0.4, 0.5) is 0 Å². The zero-order chi connectivity index (χ0) is 36.7. The molecule has 0 aromatic heterocycles. The van der Waals surface area contributed by atoms with Gasteiger partial charge in [-0.05, 0) is 122 Å². The molecular formula is C55H38. The minimum absolute atomic E-state index is 0.0704. The van der Waals surface area contributed by atoms with Gasteiger partial charge in [-0.3, -0.25) is 0 Å². The zero-order valence-electron chi connectivity index (χ0n) is 31.0. The summed E-state index contributed by atoms with van der Waals surface area (Å²) < 4.78 is 0. The molecule has 0 heterocycles. The van der Waals surface area contributed by atoms with Crippen molar-refractivity contribution < 1.29 is 0 Å². The predicted octanol–water partition coefficient (Wildman–Crippen LogP) is 15.3. The van der Waals surface area contributed by atoms with Crippen molar-refractivity contribution in [1.82, 2.24) is 0 Å². The molecule has 0 saturated carbocycles. The van der Waals surface area contributed by atoms with Crippen LogP contribution < -0.4 is 0 Å². The molecule has 0 radical (unpaired) electrons. The molecule has 0 heteroatoms. The highest BCUT2D eigenvalue weighted by Gasteiger charge is 2.35. The van der Waals surface area contributed by atoms with Crippen LogP contribution in [0.5, 0.6) is 0 Å². The first-order valence-corrected chi connectivity index (χ1v) is 19.4. The lowest BCUT2D eigenvalue weighted by Crippen LogP contribution is -2.14. The van der Waals surface area contributed by atoms with Crippen LogP contribution in [0.15, 0.2) is 194 Å². The van der Waals surface area contributed by atoms with Crippen molar-refractivity contribution in [3.63, 3.8) is 0 Å². The van der Waals surface area contributed by atoms with Crippen LogP contribution in [0.3, 0.4) is 0 Å². The van der Waals surface area contributed by atoms with Crippen LogP contribution in [-0.2, 0) is 5.41 Å². The molecule has 0 nitrogen and oxygen atoms in total. The normalized spacial score (nSPS) is 13.1. The molecule has 0 bridgehead atoms. The molecule has 1 aliphatic carbocycles. The van der Waals surface area contributed by atoms with Crippen molar-refractivity contribution >= 4 is 43.1 Å². The molecule has 0 unspecified atom stereocenters. The van der Waals surface area contributed by atoms with Gasteiger partial charge < -0.3 is 0 Å². The monoisotopic (exact) mass is 698 g/mol. The number of fused-ring (bicyclic) bond motifs is 7. The Morgan fingerprint density at radius 1 is 0.273 bits per heavy atom. The van der Waals surface area contributed by atoms with Crippen molar-refractivity contribution in [3.05, 3.63) is 205 Å². The van der Waals surface area contributed by atoms with Gasteiger partial charge in [0.2, 0.25) is 0 Å². The number of hydrogen-bond acceptors (Lipinski definition) is 0. The first kappa shape index (κ1) is 31.7. The minimum atomic E-state index is -0.0704. The van der Waals surface area contributed by atoms with Gasteiger partial charge in [0.05, 0.1) is 0 Å². The summed E-state index contributed by atoms with van der Waals surface area (Å²) in [6, 6.07) is 72.3.